The van der Waals surface area contributed by atoms with E-state index < -0.39 is 0 Å². The van der Waals surface area contributed by atoms with Crippen LogP contribution < -0.4 is 0 Å². The molecule has 0 saturated heterocycles. The minimum absolute atomic E-state index is 0.151. The first-order valence-electron chi connectivity index (χ1n) is 9.08. The fraction of sp³-hybridized carbons (Fsp3) is 0.889. The number of ether oxygens (including phenoxy) is 4. The molecule has 0 aromatic heterocycles. The Balaban J connectivity index is 3.19. The molecule has 24 heavy (non-hydrogen) atoms. The van der Waals surface area contributed by atoms with E-state index in [2.05, 4.69) is 11.7 Å². The van der Waals surface area contributed by atoms with E-state index in [9.17, 15) is 9.59 Å². The molecule has 0 bridgehead atoms. The van der Waals surface area contributed by atoms with Crippen LogP contribution in [-0.2, 0) is 28.5 Å². The molecule has 0 rings (SSSR count). The van der Waals surface area contributed by atoms with Gasteiger partial charge in [0.2, 0.25) is 0 Å². The van der Waals surface area contributed by atoms with Crippen molar-refractivity contribution in [1.29, 1.82) is 0 Å². The lowest BCUT2D eigenvalue weighted by molar-refractivity contribution is -0.145. The minimum atomic E-state index is -0.288. The van der Waals surface area contributed by atoms with Crippen molar-refractivity contribution in [2.24, 2.45) is 0 Å². The maximum absolute atomic E-state index is 11.5. The third kappa shape index (κ3) is 17.2. The van der Waals surface area contributed by atoms with Gasteiger partial charge in [-0.2, -0.15) is 0 Å². The molecule has 0 aliphatic heterocycles. The molecule has 0 aromatic carbocycles. The molecule has 0 aliphatic rings. The summed E-state index contributed by atoms with van der Waals surface area (Å²) < 4.78 is 20.1. The number of carbonyl (C=O) groups excluding carboxylic acids is 2. The zero-order valence-electron chi connectivity index (χ0n) is 15.3. The zero-order valence-corrected chi connectivity index (χ0v) is 15.3. The van der Waals surface area contributed by atoms with Crippen molar-refractivity contribution in [3.63, 3.8) is 0 Å². The maximum atomic E-state index is 11.5. The highest BCUT2D eigenvalue weighted by Gasteiger charge is 2.03. The highest BCUT2D eigenvalue weighted by atomic mass is 16.6. The van der Waals surface area contributed by atoms with Gasteiger partial charge >= 0.3 is 11.9 Å². The highest BCUT2D eigenvalue weighted by molar-refractivity contribution is 5.69. The van der Waals surface area contributed by atoms with Crippen LogP contribution in [0.1, 0.15) is 64.7 Å². The van der Waals surface area contributed by atoms with E-state index in [0.717, 1.165) is 12.8 Å². The van der Waals surface area contributed by atoms with E-state index in [4.69, 9.17) is 14.2 Å². The number of esters is 2. The average Bonchev–Trinajstić information content (AvgIpc) is 2.59. The largest absolute Gasteiger partial charge is 0.469 e. The molecule has 0 unspecified atom stereocenters. The number of carbonyl (C=O) groups is 2. The second kappa shape index (κ2) is 18.2. The van der Waals surface area contributed by atoms with Crippen molar-refractivity contribution in [1.82, 2.24) is 0 Å². The van der Waals surface area contributed by atoms with Crippen LogP contribution in [0.15, 0.2) is 0 Å². The summed E-state index contributed by atoms with van der Waals surface area (Å²) in [6.45, 7) is 3.99. The van der Waals surface area contributed by atoms with E-state index in [-0.39, 0.29) is 25.0 Å². The standard InChI is InChI=1S/C18H34O6/c1-3-4-5-6-7-8-9-10-18(20)24-16-15-23-14-13-22-12-11-17(19)21-2/h3-16H2,1-2H3. The summed E-state index contributed by atoms with van der Waals surface area (Å²) in [6, 6.07) is 0. The summed E-state index contributed by atoms with van der Waals surface area (Å²) in [7, 11) is 1.35. The van der Waals surface area contributed by atoms with Gasteiger partial charge < -0.3 is 18.9 Å². The predicted molar refractivity (Wildman–Crippen MR) is 91.8 cm³/mol. The Morgan fingerprint density at radius 1 is 0.667 bits per heavy atom. The normalized spacial score (nSPS) is 10.6. The Kier molecular flexibility index (Phi) is 17.3. The third-order valence-electron chi connectivity index (χ3n) is 3.53. The molecule has 0 amide bonds. The van der Waals surface area contributed by atoms with Gasteiger partial charge in [-0.15, -0.1) is 0 Å². The first kappa shape index (κ1) is 22.9. The van der Waals surface area contributed by atoms with Gasteiger partial charge in [-0.3, -0.25) is 9.59 Å². The number of methoxy groups -OCH3 is 1. The molecule has 0 aromatic rings. The smallest absolute Gasteiger partial charge is 0.307 e. The van der Waals surface area contributed by atoms with E-state index in [1.165, 1.54) is 39.2 Å². The Bertz CT molecular complexity index is 306. The van der Waals surface area contributed by atoms with E-state index in [1.54, 1.807) is 0 Å². The van der Waals surface area contributed by atoms with Crippen molar-refractivity contribution >= 4 is 11.9 Å². The second-order valence-electron chi connectivity index (χ2n) is 5.64. The molecule has 0 saturated carbocycles. The molecule has 0 radical (unpaired) electrons. The SMILES string of the molecule is CCCCCCCCCC(=O)OCCOCCOCCC(=O)OC. The first-order chi connectivity index (χ1) is 11.7. The van der Waals surface area contributed by atoms with Crippen molar-refractivity contribution in [2.75, 3.05) is 40.1 Å². The average molecular weight is 346 g/mol. The summed E-state index contributed by atoms with van der Waals surface area (Å²) in [5.41, 5.74) is 0. The molecule has 0 aliphatic carbocycles. The van der Waals surface area contributed by atoms with Crippen LogP contribution in [0.5, 0.6) is 0 Å². The Morgan fingerprint density at radius 3 is 1.92 bits per heavy atom. The minimum Gasteiger partial charge on any atom is -0.469 e. The second-order valence-corrected chi connectivity index (χ2v) is 5.64. The molecule has 6 heteroatoms. The van der Waals surface area contributed by atoms with Crippen LogP contribution in [0.4, 0.5) is 0 Å². The number of hydrogen-bond acceptors (Lipinski definition) is 6. The van der Waals surface area contributed by atoms with Crippen LogP contribution in [0.25, 0.3) is 0 Å². The molecular formula is C18H34O6. The quantitative estimate of drug-likeness (QED) is 0.297. The van der Waals surface area contributed by atoms with Gasteiger partial charge in [-0.1, -0.05) is 45.4 Å². The predicted octanol–water partition coefficient (Wildman–Crippen LogP) is 3.27. The molecule has 0 atom stereocenters. The molecule has 142 valence electrons. The topological polar surface area (TPSA) is 71.1 Å². The monoisotopic (exact) mass is 346 g/mol. The summed E-state index contributed by atoms with van der Waals surface area (Å²) >= 11 is 0. The molecule has 0 N–H and O–H groups in total. The third-order valence-corrected chi connectivity index (χ3v) is 3.53. The number of unbranched alkanes of at least 4 members (excludes halogenated alkanes) is 6. The van der Waals surface area contributed by atoms with E-state index >= 15 is 0 Å². The zero-order chi connectivity index (χ0) is 17.9. The lowest BCUT2D eigenvalue weighted by atomic mass is 10.1. The maximum Gasteiger partial charge on any atom is 0.307 e. The fourth-order valence-corrected chi connectivity index (χ4v) is 2.09. The molecule has 0 spiro atoms. The van der Waals surface area contributed by atoms with Gasteiger partial charge in [0, 0.05) is 6.42 Å². The highest BCUT2D eigenvalue weighted by Crippen LogP contribution is 2.08. The van der Waals surface area contributed by atoms with Gasteiger partial charge in [0.25, 0.3) is 0 Å². The summed E-state index contributed by atoms with van der Waals surface area (Å²) in [6.07, 6.45) is 9.05. The summed E-state index contributed by atoms with van der Waals surface area (Å²) in [5, 5.41) is 0. The van der Waals surface area contributed by atoms with Gasteiger partial charge in [-0.25, -0.2) is 0 Å². The summed E-state index contributed by atoms with van der Waals surface area (Å²) in [4.78, 5) is 22.3. The van der Waals surface area contributed by atoms with E-state index in [1.807, 2.05) is 0 Å². The van der Waals surface area contributed by atoms with Crippen molar-refractivity contribution in [3.8, 4) is 0 Å². The molecule has 0 heterocycles. The van der Waals surface area contributed by atoms with Crippen LogP contribution in [0.2, 0.25) is 0 Å². The Morgan fingerprint density at radius 2 is 1.25 bits per heavy atom. The Hall–Kier alpha value is -1.14. The molecule has 6 nitrogen and oxygen atoms in total. The van der Waals surface area contributed by atoms with Crippen LogP contribution in [0, 0.1) is 0 Å². The number of rotatable bonds is 17. The van der Waals surface area contributed by atoms with Crippen molar-refractivity contribution < 1.29 is 28.5 Å². The fourth-order valence-electron chi connectivity index (χ4n) is 2.09. The molecular weight excluding hydrogens is 312 g/mol. The lowest BCUT2D eigenvalue weighted by Gasteiger charge is -2.07. The molecule has 0 fully saturated rings. The summed E-state index contributed by atoms with van der Waals surface area (Å²) in [5.74, 6) is -0.440. The van der Waals surface area contributed by atoms with Crippen LogP contribution in [0.3, 0.4) is 0 Å². The van der Waals surface area contributed by atoms with Crippen molar-refractivity contribution in [3.05, 3.63) is 0 Å². The first-order valence-corrected chi connectivity index (χ1v) is 9.08. The van der Waals surface area contributed by atoms with Crippen LogP contribution in [-0.4, -0.2) is 52.1 Å². The van der Waals surface area contributed by atoms with Gasteiger partial charge in [0.15, 0.2) is 0 Å². The van der Waals surface area contributed by atoms with Gasteiger partial charge in [0.05, 0.1) is 40.0 Å². The van der Waals surface area contributed by atoms with Gasteiger partial charge in [0.1, 0.15) is 6.61 Å². The van der Waals surface area contributed by atoms with Crippen LogP contribution >= 0.6 is 0 Å². The van der Waals surface area contributed by atoms with E-state index in [0.29, 0.717) is 32.8 Å². The lowest BCUT2D eigenvalue weighted by Crippen LogP contribution is -2.13. The van der Waals surface area contributed by atoms with Gasteiger partial charge in [-0.05, 0) is 6.42 Å². The van der Waals surface area contributed by atoms with Crippen molar-refractivity contribution in [2.45, 2.75) is 64.7 Å². The Labute approximate surface area is 146 Å². The number of hydrogen-bond donors (Lipinski definition) is 0.